The molecule has 1 aromatic carbocycles. The molecule has 112 valence electrons. The number of rotatable bonds is 3. The minimum Gasteiger partial charge on any atom is -0.386 e. The lowest BCUT2D eigenvalue weighted by Crippen LogP contribution is -2.43. The first-order valence-electron chi connectivity index (χ1n) is 6.64. The summed E-state index contributed by atoms with van der Waals surface area (Å²) in [4.78, 5) is 4.54. The van der Waals surface area contributed by atoms with E-state index in [-0.39, 0.29) is 16.6 Å². The van der Waals surface area contributed by atoms with Gasteiger partial charge in [-0.15, -0.1) is 0 Å². The van der Waals surface area contributed by atoms with Crippen LogP contribution in [-0.4, -0.2) is 24.0 Å². The molecule has 0 saturated heterocycles. The monoisotopic (exact) mass is 300 g/mol. The molecule has 0 spiro atoms. The normalized spacial score (nSPS) is 25.4. The average Bonchev–Trinajstić information content (AvgIpc) is 2.50. The van der Waals surface area contributed by atoms with E-state index in [1.807, 2.05) is 6.07 Å². The zero-order chi connectivity index (χ0) is 15.2. The Hall–Kier alpha value is -1.10. The van der Waals surface area contributed by atoms with E-state index in [0.717, 1.165) is 19.3 Å². The van der Waals surface area contributed by atoms with Crippen molar-refractivity contribution in [3.63, 3.8) is 0 Å². The van der Waals surface area contributed by atoms with Crippen LogP contribution in [0.15, 0.2) is 29.3 Å². The summed E-state index contributed by atoms with van der Waals surface area (Å²) in [5.41, 5.74) is 6.78. The van der Waals surface area contributed by atoms with Gasteiger partial charge in [0.15, 0.2) is 0 Å². The van der Waals surface area contributed by atoms with Crippen LogP contribution in [0.1, 0.15) is 37.8 Å². The molecule has 1 heterocycles. The lowest BCUT2D eigenvalue weighted by molar-refractivity contribution is 0.495. The Labute approximate surface area is 123 Å². The first-order chi connectivity index (χ1) is 9.63. The highest BCUT2D eigenvalue weighted by molar-refractivity contribution is 8.00. The van der Waals surface area contributed by atoms with Crippen molar-refractivity contribution < 1.29 is 8.78 Å². The van der Waals surface area contributed by atoms with Crippen molar-refractivity contribution in [2.75, 3.05) is 13.4 Å². The van der Waals surface area contributed by atoms with Gasteiger partial charge in [0.25, 0.3) is 0 Å². The van der Waals surface area contributed by atoms with Crippen molar-refractivity contribution >= 4 is 17.6 Å². The second-order valence-electron chi connectivity index (χ2n) is 4.64. The lowest BCUT2D eigenvalue weighted by Gasteiger charge is -2.36. The van der Waals surface area contributed by atoms with E-state index in [9.17, 15) is 8.78 Å². The maximum Gasteiger partial charge on any atom is 0.128 e. The molecule has 1 aliphatic rings. The van der Waals surface area contributed by atoms with Crippen LogP contribution in [0.4, 0.5) is 8.78 Å². The maximum absolute atomic E-state index is 13.7. The molecule has 0 radical (unpaired) electrons. The fourth-order valence-corrected chi connectivity index (χ4v) is 3.40. The molecule has 0 saturated carbocycles. The highest BCUT2D eigenvalue weighted by Gasteiger charge is 2.36. The van der Waals surface area contributed by atoms with E-state index in [1.165, 1.54) is 6.07 Å². The van der Waals surface area contributed by atoms with Crippen LogP contribution >= 0.6 is 11.8 Å². The Kier molecular flexibility index (Phi) is 6.46. The van der Waals surface area contributed by atoms with Crippen LogP contribution in [0.5, 0.6) is 0 Å². The van der Waals surface area contributed by atoms with Crippen LogP contribution in [0.25, 0.3) is 0 Å². The van der Waals surface area contributed by atoms with Crippen molar-refractivity contribution in [1.82, 2.24) is 0 Å². The third-order valence-electron chi connectivity index (χ3n) is 3.81. The van der Waals surface area contributed by atoms with Gasteiger partial charge in [-0.05, 0) is 31.6 Å². The number of thioether (sulfide) groups is 1. The van der Waals surface area contributed by atoms with Gasteiger partial charge in [-0.1, -0.05) is 25.1 Å². The van der Waals surface area contributed by atoms with E-state index >= 15 is 0 Å². The molecule has 0 fully saturated rings. The molecule has 0 aromatic heterocycles. The summed E-state index contributed by atoms with van der Waals surface area (Å²) in [6.07, 6.45) is 4.85. The summed E-state index contributed by atoms with van der Waals surface area (Å²) in [6.45, 7) is 2.13. The van der Waals surface area contributed by atoms with E-state index in [0.29, 0.717) is 18.6 Å². The number of nitrogens with zero attached hydrogens (tertiary/aromatic N) is 1. The fraction of sp³-hybridized carbons (Fsp3) is 0.533. The first kappa shape index (κ1) is 17.0. The summed E-state index contributed by atoms with van der Waals surface area (Å²) >= 11 is 1.75. The first-order valence-corrected chi connectivity index (χ1v) is 7.86. The number of amidine groups is 1. The molecule has 5 heteroatoms. The third-order valence-corrected chi connectivity index (χ3v) is 5.29. The van der Waals surface area contributed by atoms with E-state index in [1.54, 1.807) is 23.9 Å². The zero-order valence-electron chi connectivity index (χ0n) is 12.2. The molecule has 2 unspecified atom stereocenters. The molecule has 0 bridgehead atoms. The van der Waals surface area contributed by atoms with Crippen molar-refractivity contribution in [3.05, 3.63) is 35.6 Å². The molecular weight excluding hydrogens is 278 g/mol. The van der Waals surface area contributed by atoms with Gasteiger partial charge in [0.1, 0.15) is 11.7 Å². The summed E-state index contributed by atoms with van der Waals surface area (Å²) in [5.74, 6) is 0.476. The molecule has 0 amide bonds. The second kappa shape index (κ2) is 7.62. The van der Waals surface area contributed by atoms with Gasteiger partial charge in [0, 0.05) is 5.56 Å². The van der Waals surface area contributed by atoms with Crippen molar-refractivity contribution in [1.29, 1.82) is 0 Å². The number of alkyl halides is 1. The smallest absolute Gasteiger partial charge is 0.128 e. The fourth-order valence-electron chi connectivity index (χ4n) is 2.53. The summed E-state index contributed by atoms with van der Waals surface area (Å²) in [6, 6.07) is 6.71. The number of halogens is 2. The zero-order valence-corrected chi connectivity index (χ0v) is 13.0. The third kappa shape index (κ3) is 3.32. The number of hydrogen-bond acceptors (Lipinski definition) is 3. The molecule has 2 nitrogen and oxygen atoms in total. The molecule has 1 aromatic rings. The van der Waals surface area contributed by atoms with Crippen molar-refractivity contribution in [2.24, 2.45) is 10.7 Å². The van der Waals surface area contributed by atoms with Gasteiger partial charge in [-0.25, -0.2) is 4.39 Å². The van der Waals surface area contributed by atoms with Gasteiger partial charge < -0.3 is 5.73 Å². The minimum atomic E-state index is -0.188. The molecular formula is C15H22F2N2S. The SMILES string of the molecule is CCC1(SC)CCC(c2ccccc2F)N=C1N.CF. The minimum absolute atomic E-state index is 0.0538. The topological polar surface area (TPSA) is 38.4 Å². The van der Waals surface area contributed by atoms with Gasteiger partial charge in [0.05, 0.1) is 18.0 Å². The van der Waals surface area contributed by atoms with E-state index < -0.39 is 0 Å². The summed E-state index contributed by atoms with van der Waals surface area (Å²) in [7, 11) is 0.500. The van der Waals surface area contributed by atoms with Crippen LogP contribution < -0.4 is 5.73 Å². The van der Waals surface area contributed by atoms with E-state index in [2.05, 4.69) is 18.2 Å². The van der Waals surface area contributed by atoms with Crippen LogP contribution in [0.3, 0.4) is 0 Å². The summed E-state index contributed by atoms with van der Waals surface area (Å²) < 4.78 is 23.2. The Balaban J connectivity index is 0.000000956. The number of benzene rings is 1. The Morgan fingerprint density at radius 2 is 2.05 bits per heavy atom. The van der Waals surface area contributed by atoms with Crippen LogP contribution in [-0.2, 0) is 0 Å². The molecule has 20 heavy (non-hydrogen) atoms. The van der Waals surface area contributed by atoms with Gasteiger partial charge in [-0.3, -0.25) is 9.38 Å². The van der Waals surface area contributed by atoms with Crippen LogP contribution in [0.2, 0.25) is 0 Å². The molecule has 1 aliphatic heterocycles. The highest BCUT2D eigenvalue weighted by Crippen LogP contribution is 2.40. The van der Waals surface area contributed by atoms with Gasteiger partial charge in [-0.2, -0.15) is 11.8 Å². The number of nitrogens with two attached hydrogens (primary N) is 1. The molecule has 2 rings (SSSR count). The predicted octanol–water partition coefficient (Wildman–Crippen LogP) is 4.12. The second-order valence-corrected chi connectivity index (χ2v) is 5.83. The molecule has 0 aliphatic carbocycles. The predicted molar refractivity (Wildman–Crippen MR) is 83.6 cm³/mol. The standard InChI is InChI=1S/C14H19FN2S.CH3F/c1-3-14(18-2)9-8-12(17-13(14)16)10-6-4-5-7-11(10)15;1-2/h4-7,12H,3,8-9H2,1-2H3,(H2,16,17);1H3. The highest BCUT2D eigenvalue weighted by atomic mass is 32.2. The maximum atomic E-state index is 13.7. The summed E-state index contributed by atoms with van der Waals surface area (Å²) in [5, 5.41) is 0. The van der Waals surface area contributed by atoms with Crippen LogP contribution in [0, 0.1) is 5.82 Å². The number of hydrogen-bond donors (Lipinski definition) is 1. The quantitative estimate of drug-likeness (QED) is 0.912. The molecule has 2 N–H and O–H groups in total. The Morgan fingerprint density at radius 1 is 1.40 bits per heavy atom. The Morgan fingerprint density at radius 3 is 2.55 bits per heavy atom. The largest absolute Gasteiger partial charge is 0.386 e. The van der Waals surface area contributed by atoms with Crippen molar-refractivity contribution in [3.8, 4) is 0 Å². The number of aliphatic imine (C=N–C) groups is 1. The average molecular weight is 300 g/mol. The van der Waals surface area contributed by atoms with Crippen molar-refractivity contribution in [2.45, 2.75) is 37.0 Å². The van der Waals surface area contributed by atoms with E-state index in [4.69, 9.17) is 5.73 Å². The van der Waals surface area contributed by atoms with Gasteiger partial charge in [0.2, 0.25) is 0 Å². The Bertz CT molecular complexity index is 459. The van der Waals surface area contributed by atoms with Gasteiger partial charge >= 0.3 is 0 Å². The molecule has 2 atom stereocenters. The lowest BCUT2D eigenvalue weighted by atomic mass is 9.89.